The average molecular weight is 374 g/mol. The lowest BCUT2D eigenvalue weighted by atomic mass is 10.3. The van der Waals surface area contributed by atoms with Crippen LogP contribution in [-0.2, 0) is 6.18 Å². The Kier molecular flexibility index (Phi) is 4.31. The smallest absolute Gasteiger partial charge is 0.382 e. The summed E-state index contributed by atoms with van der Waals surface area (Å²) in [6.07, 6.45) is -1.84. The van der Waals surface area contributed by atoms with E-state index in [2.05, 4.69) is 15.1 Å². The van der Waals surface area contributed by atoms with Gasteiger partial charge in [0.05, 0.1) is 15.4 Å². The lowest BCUT2D eigenvalue weighted by Crippen LogP contribution is -2.07. The Balaban J connectivity index is 2.14. The number of nitrogen functional groups attached to an aromatic ring is 1. The maximum atomic E-state index is 12.8. The molecule has 0 saturated carbocycles. The molecule has 0 amide bonds. The number of nitrogens with two attached hydrogens (primary N) is 1. The Morgan fingerprint density at radius 1 is 1.33 bits per heavy atom. The largest absolute Gasteiger partial charge is 0.433 e. The summed E-state index contributed by atoms with van der Waals surface area (Å²) >= 11 is 7.47. The third kappa shape index (κ3) is 3.13. The Morgan fingerprint density at radius 2 is 2.08 bits per heavy atom. The second kappa shape index (κ2) is 6.14. The van der Waals surface area contributed by atoms with Gasteiger partial charge in [0, 0.05) is 17.8 Å². The molecule has 3 heterocycles. The van der Waals surface area contributed by atoms with Gasteiger partial charge in [-0.1, -0.05) is 18.5 Å². The molecule has 2 N–H and O–H groups in total. The lowest BCUT2D eigenvalue weighted by molar-refractivity contribution is -0.141. The predicted octanol–water partition coefficient (Wildman–Crippen LogP) is 4.18. The number of fused-ring (bicyclic) bond motifs is 1. The van der Waals surface area contributed by atoms with E-state index in [1.807, 2.05) is 6.92 Å². The van der Waals surface area contributed by atoms with E-state index < -0.39 is 11.9 Å². The molecule has 10 heteroatoms. The number of hydrogen-bond donors (Lipinski definition) is 1. The molecule has 3 aromatic rings. The Labute approximate surface area is 144 Å². The van der Waals surface area contributed by atoms with Crippen molar-refractivity contribution in [2.75, 3.05) is 11.5 Å². The second-order valence-corrected chi connectivity index (χ2v) is 6.52. The number of anilines is 1. The minimum Gasteiger partial charge on any atom is -0.382 e. The molecule has 0 radical (unpaired) electrons. The molecule has 0 aliphatic rings. The van der Waals surface area contributed by atoms with Gasteiger partial charge in [-0.15, -0.1) is 11.8 Å². The monoisotopic (exact) mass is 373 g/mol. The fourth-order valence-electron chi connectivity index (χ4n) is 2.08. The van der Waals surface area contributed by atoms with Crippen LogP contribution in [0.1, 0.15) is 12.6 Å². The van der Waals surface area contributed by atoms with E-state index in [0.29, 0.717) is 16.2 Å². The van der Waals surface area contributed by atoms with Gasteiger partial charge in [-0.3, -0.25) is 4.98 Å². The van der Waals surface area contributed by atoms with E-state index in [-0.39, 0.29) is 11.3 Å². The van der Waals surface area contributed by atoms with Gasteiger partial charge in [0.1, 0.15) is 11.5 Å². The van der Waals surface area contributed by atoms with Crippen LogP contribution < -0.4 is 5.73 Å². The first-order chi connectivity index (χ1) is 11.3. The first-order valence-corrected chi connectivity index (χ1v) is 8.17. The molecule has 0 unspecified atom stereocenters. The van der Waals surface area contributed by atoms with Crippen molar-refractivity contribution in [3.05, 3.63) is 35.2 Å². The Morgan fingerprint density at radius 3 is 2.75 bits per heavy atom. The highest BCUT2D eigenvalue weighted by atomic mass is 35.5. The summed E-state index contributed by atoms with van der Waals surface area (Å²) in [4.78, 5) is 8.37. The van der Waals surface area contributed by atoms with Crippen molar-refractivity contribution < 1.29 is 13.2 Å². The van der Waals surface area contributed by atoms with Gasteiger partial charge in [0.25, 0.3) is 0 Å². The van der Waals surface area contributed by atoms with E-state index in [1.54, 1.807) is 12.3 Å². The van der Waals surface area contributed by atoms with Gasteiger partial charge in [-0.05, 0) is 17.9 Å². The summed E-state index contributed by atoms with van der Waals surface area (Å²) < 4.78 is 39.7. The summed E-state index contributed by atoms with van der Waals surface area (Å²) in [5.74, 6) is 1.30. The van der Waals surface area contributed by atoms with Gasteiger partial charge in [0.2, 0.25) is 0 Å². The molecule has 126 valence electrons. The average Bonchev–Trinajstić information content (AvgIpc) is 2.92. The van der Waals surface area contributed by atoms with Crippen molar-refractivity contribution in [2.24, 2.45) is 0 Å². The van der Waals surface area contributed by atoms with Crippen LogP contribution >= 0.6 is 23.4 Å². The molecule has 0 aliphatic carbocycles. The van der Waals surface area contributed by atoms with Gasteiger partial charge >= 0.3 is 6.18 Å². The molecule has 0 fully saturated rings. The molecule has 0 aliphatic heterocycles. The molecule has 3 rings (SSSR count). The maximum Gasteiger partial charge on any atom is 0.433 e. The number of nitrogens with zero attached hydrogens (tertiary/aromatic N) is 4. The maximum absolute atomic E-state index is 12.8. The zero-order valence-corrected chi connectivity index (χ0v) is 13.9. The topological polar surface area (TPSA) is 69.6 Å². The summed E-state index contributed by atoms with van der Waals surface area (Å²) in [7, 11) is 0. The van der Waals surface area contributed by atoms with E-state index in [1.165, 1.54) is 16.4 Å². The highest BCUT2D eigenvalue weighted by molar-refractivity contribution is 7.99. The molecule has 0 spiro atoms. The zero-order valence-electron chi connectivity index (χ0n) is 12.3. The summed E-state index contributed by atoms with van der Waals surface area (Å²) in [5, 5.41) is 4.95. The van der Waals surface area contributed by atoms with Crippen LogP contribution in [0.4, 0.5) is 19.0 Å². The van der Waals surface area contributed by atoms with Crippen molar-refractivity contribution in [1.29, 1.82) is 0 Å². The van der Waals surface area contributed by atoms with E-state index in [4.69, 9.17) is 17.3 Å². The Bertz CT molecular complexity index is 909. The number of pyridine rings is 2. The molecule has 0 atom stereocenters. The molecule has 0 saturated heterocycles. The van der Waals surface area contributed by atoms with Crippen molar-refractivity contribution >= 4 is 40.1 Å². The van der Waals surface area contributed by atoms with E-state index in [9.17, 15) is 13.2 Å². The van der Waals surface area contributed by atoms with Crippen molar-refractivity contribution in [2.45, 2.75) is 18.0 Å². The first kappa shape index (κ1) is 16.8. The summed E-state index contributed by atoms with van der Waals surface area (Å²) in [5.41, 5.74) is 4.92. The highest BCUT2D eigenvalue weighted by Crippen LogP contribution is 2.32. The summed E-state index contributed by atoms with van der Waals surface area (Å²) in [6, 6.07) is 2.57. The number of thioether (sulfide) groups is 1. The third-order valence-electron chi connectivity index (χ3n) is 3.15. The third-order valence-corrected chi connectivity index (χ3v) is 4.35. The molecular weight excluding hydrogens is 363 g/mol. The first-order valence-electron chi connectivity index (χ1n) is 6.81. The van der Waals surface area contributed by atoms with Crippen LogP contribution in [0, 0.1) is 0 Å². The van der Waals surface area contributed by atoms with Crippen LogP contribution in [0.3, 0.4) is 0 Å². The molecular formula is C14H11ClF3N5S. The van der Waals surface area contributed by atoms with E-state index in [0.717, 1.165) is 22.9 Å². The van der Waals surface area contributed by atoms with Crippen molar-refractivity contribution in [3.63, 3.8) is 0 Å². The number of rotatable bonds is 3. The fourth-order valence-corrected chi connectivity index (χ4v) is 3.08. The van der Waals surface area contributed by atoms with Crippen LogP contribution in [0.5, 0.6) is 0 Å². The number of aromatic nitrogens is 4. The lowest BCUT2D eigenvalue weighted by Gasteiger charge is -2.09. The van der Waals surface area contributed by atoms with Gasteiger partial charge in [-0.25, -0.2) is 9.67 Å². The van der Waals surface area contributed by atoms with Crippen LogP contribution in [0.15, 0.2) is 29.4 Å². The second-order valence-electron chi connectivity index (χ2n) is 4.81. The van der Waals surface area contributed by atoms with Crippen LogP contribution in [0.25, 0.3) is 16.7 Å². The molecule has 5 nitrogen and oxygen atoms in total. The number of hydrogen-bond acceptors (Lipinski definition) is 5. The molecule has 3 aromatic heterocycles. The number of alkyl halides is 3. The van der Waals surface area contributed by atoms with Crippen LogP contribution in [0.2, 0.25) is 5.02 Å². The fraction of sp³-hybridized carbons (Fsp3) is 0.214. The van der Waals surface area contributed by atoms with Crippen molar-refractivity contribution in [1.82, 2.24) is 19.7 Å². The standard InChI is InChI=1S/C14H11ClF3N5S/c1-2-24-10-3-8(15)12(19)21-13(10)23-6-7-5-20-11(14(16,17)18)4-9(7)22-23/h3-6H,2H2,1H3,(H2,19,21). The van der Waals surface area contributed by atoms with Gasteiger partial charge in [0.15, 0.2) is 5.82 Å². The predicted molar refractivity (Wildman–Crippen MR) is 87.5 cm³/mol. The quantitative estimate of drug-likeness (QED) is 0.697. The molecule has 0 aromatic carbocycles. The van der Waals surface area contributed by atoms with Crippen LogP contribution in [-0.4, -0.2) is 25.5 Å². The Hall–Kier alpha value is -2.00. The van der Waals surface area contributed by atoms with Crippen molar-refractivity contribution in [3.8, 4) is 5.82 Å². The van der Waals surface area contributed by atoms with Gasteiger partial charge < -0.3 is 5.73 Å². The molecule has 24 heavy (non-hydrogen) atoms. The summed E-state index contributed by atoms with van der Waals surface area (Å²) in [6.45, 7) is 1.96. The SMILES string of the molecule is CCSc1cc(Cl)c(N)nc1-n1cc2cnc(C(F)(F)F)cc2n1. The normalized spacial score (nSPS) is 12.0. The minimum atomic E-state index is -4.52. The highest BCUT2D eigenvalue weighted by Gasteiger charge is 2.32. The van der Waals surface area contributed by atoms with Gasteiger partial charge in [-0.2, -0.15) is 18.3 Å². The molecule has 0 bridgehead atoms. The zero-order chi connectivity index (χ0) is 17.5. The minimum absolute atomic E-state index is 0.126. The van der Waals surface area contributed by atoms with E-state index >= 15 is 0 Å². The number of halogens is 4.